The molecule has 4 nitrogen and oxygen atoms in total. The highest BCUT2D eigenvalue weighted by Gasteiger charge is 2.44. The lowest BCUT2D eigenvalue weighted by atomic mass is 9.96. The van der Waals surface area contributed by atoms with Gasteiger partial charge in [-0.3, -0.25) is 9.59 Å². The van der Waals surface area contributed by atoms with E-state index in [1.165, 1.54) is 5.56 Å². The maximum absolute atomic E-state index is 11.8. The van der Waals surface area contributed by atoms with Gasteiger partial charge in [-0.2, -0.15) is 0 Å². The van der Waals surface area contributed by atoms with Crippen molar-refractivity contribution < 1.29 is 14.7 Å². The molecule has 1 aromatic carbocycles. The smallest absolute Gasteiger partial charge is 0.303 e. The average Bonchev–Trinajstić information content (AvgIpc) is 3.22. The van der Waals surface area contributed by atoms with Crippen LogP contribution in [0.5, 0.6) is 0 Å². The van der Waals surface area contributed by atoms with Gasteiger partial charge in [0, 0.05) is 29.3 Å². The Labute approximate surface area is 133 Å². The normalized spacial score (nSPS) is 15.5. The van der Waals surface area contributed by atoms with Gasteiger partial charge >= 0.3 is 5.97 Å². The van der Waals surface area contributed by atoms with Crippen molar-refractivity contribution in [2.75, 3.05) is 6.54 Å². The Morgan fingerprint density at radius 2 is 1.95 bits per heavy atom. The number of carboxylic acid groups (broad SMARTS) is 1. The maximum Gasteiger partial charge on any atom is 0.303 e. The number of hydrogen-bond acceptors (Lipinski definition) is 2. The summed E-state index contributed by atoms with van der Waals surface area (Å²) in [5.74, 6) is -0.788. The molecule has 0 radical (unpaired) electrons. The van der Waals surface area contributed by atoms with E-state index in [-0.39, 0.29) is 17.7 Å². The van der Waals surface area contributed by atoms with E-state index in [0.717, 1.165) is 17.3 Å². The summed E-state index contributed by atoms with van der Waals surface area (Å²) in [7, 11) is 0. The van der Waals surface area contributed by atoms with Crippen LogP contribution in [0.2, 0.25) is 0 Å². The third kappa shape index (κ3) is 4.84. The Kier molecular flexibility index (Phi) is 5.39. The highest BCUT2D eigenvalue weighted by molar-refractivity contribution is 9.10. The van der Waals surface area contributed by atoms with Crippen LogP contribution in [0.25, 0.3) is 0 Å². The molecule has 1 aliphatic carbocycles. The number of nitrogens with one attached hydrogen (secondary N) is 1. The van der Waals surface area contributed by atoms with Gasteiger partial charge < -0.3 is 10.4 Å². The van der Waals surface area contributed by atoms with Gasteiger partial charge in [0.05, 0.1) is 0 Å². The van der Waals surface area contributed by atoms with Crippen molar-refractivity contribution in [1.82, 2.24) is 5.32 Å². The zero-order chi connectivity index (χ0) is 15.3. The summed E-state index contributed by atoms with van der Waals surface area (Å²) >= 11 is 3.48. The molecule has 2 N–H and O–H groups in total. The van der Waals surface area contributed by atoms with Crippen LogP contribution >= 0.6 is 15.9 Å². The van der Waals surface area contributed by atoms with Crippen LogP contribution in [0.4, 0.5) is 0 Å². The molecule has 0 aromatic heterocycles. The second-order valence-corrected chi connectivity index (χ2v) is 6.58. The quantitative estimate of drug-likeness (QED) is 0.705. The molecule has 0 saturated heterocycles. The van der Waals surface area contributed by atoms with Crippen molar-refractivity contribution in [1.29, 1.82) is 0 Å². The highest BCUT2D eigenvalue weighted by Crippen LogP contribution is 2.48. The van der Waals surface area contributed by atoms with Crippen molar-refractivity contribution in [3.63, 3.8) is 0 Å². The fourth-order valence-electron chi connectivity index (χ4n) is 2.45. The molecule has 0 heterocycles. The molecule has 1 fully saturated rings. The van der Waals surface area contributed by atoms with Gasteiger partial charge in [0.1, 0.15) is 0 Å². The van der Waals surface area contributed by atoms with E-state index in [2.05, 4.69) is 33.4 Å². The lowest BCUT2D eigenvalue weighted by molar-refractivity contribution is -0.137. The van der Waals surface area contributed by atoms with Gasteiger partial charge in [0.25, 0.3) is 0 Å². The zero-order valence-electron chi connectivity index (χ0n) is 11.9. The Balaban J connectivity index is 1.75. The van der Waals surface area contributed by atoms with Gasteiger partial charge in [0.2, 0.25) is 5.91 Å². The fraction of sp³-hybridized carbons (Fsp3) is 0.500. The standard InChI is InChI=1S/C16H20BrNO3/c17-13-5-3-4-12(10-13)16(8-9-16)11-18-14(19)6-1-2-7-15(20)21/h3-5,10H,1-2,6-9,11H2,(H,18,19)(H,20,21). The minimum absolute atomic E-state index is 0.0154. The molecule has 0 atom stereocenters. The van der Waals surface area contributed by atoms with Crippen molar-refractivity contribution in [2.24, 2.45) is 0 Å². The molecule has 2 rings (SSSR count). The molecule has 1 aromatic rings. The largest absolute Gasteiger partial charge is 0.481 e. The molecule has 0 unspecified atom stereocenters. The molecule has 1 saturated carbocycles. The van der Waals surface area contributed by atoms with Crippen molar-refractivity contribution in [3.8, 4) is 0 Å². The second kappa shape index (κ2) is 7.07. The van der Waals surface area contributed by atoms with E-state index in [4.69, 9.17) is 5.11 Å². The third-order valence-corrected chi connectivity index (χ3v) is 4.45. The van der Waals surface area contributed by atoms with E-state index in [0.29, 0.717) is 25.8 Å². The van der Waals surface area contributed by atoms with Crippen LogP contribution in [0.15, 0.2) is 28.7 Å². The molecule has 1 amide bonds. The summed E-state index contributed by atoms with van der Waals surface area (Å²) in [6.45, 7) is 0.668. The Bertz CT molecular complexity index is 526. The summed E-state index contributed by atoms with van der Waals surface area (Å²) in [5.41, 5.74) is 1.36. The summed E-state index contributed by atoms with van der Waals surface area (Å²) in [6, 6.07) is 8.25. The van der Waals surface area contributed by atoms with Gasteiger partial charge in [0.15, 0.2) is 0 Å². The Morgan fingerprint density at radius 3 is 2.57 bits per heavy atom. The topological polar surface area (TPSA) is 66.4 Å². The first-order valence-corrected chi connectivity index (χ1v) is 8.06. The van der Waals surface area contributed by atoms with Gasteiger partial charge in [-0.15, -0.1) is 0 Å². The molecule has 0 aliphatic heterocycles. The first-order chi connectivity index (χ1) is 10.0. The number of unbranched alkanes of at least 4 members (excludes halogenated alkanes) is 1. The minimum Gasteiger partial charge on any atom is -0.481 e. The van der Waals surface area contributed by atoms with Crippen molar-refractivity contribution in [3.05, 3.63) is 34.3 Å². The zero-order valence-corrected chi connectivity index (χ0v) is 13.5. The Morgan fingerprint density at radius 1 is 1.24 bits per heavy atom. The van der Waals surface area contributed by atoms with Gasteiger partial charge in [-0.25, -0.2) is 0 Å². The molecular weight excluding hydrogens is 334 g/mol. The predicted molar refractivity (Wildman–Crippen MR) is 84.2 cm³/mol. The lowest BCUT2D eigenvalue weighted by Gasteiger charge is -2.17. The molecule has 0 bridgehead atoms. The summed E-state index contributed by atoms with van der Waals surface area (Å²) in [4.78, 5) is 22.2. The first-order valence-electron chi connectivity index (χ1n) is 7.26. The molecule has 21 heavy (non-hydrogen) atoms. The summed E-state index contributed by atoms with van der Waals surface area (Å²) < 4.78 is 1.06. The molecular formula is C16H20BrNO3. The number of carbonyl (C=O) groups is 2. The van der Waals surface area contributed by atoms with E-state index < -0.39 is 5.97 Å². The number of halogens is 1. The van der Waals surface area contributed by atoms with Crippen LogP contribution in [0.3, 0.4) is 0 Å². The first kappa shape index (κ1) is 16.0. The molecule has 114 valence electrons. The van der Waals surface area contributed by atoms with Crippen molar-refractivity contribution in [2.45, 2.75) is 43.9 Å². The molecule has 0 spiro atoms. The number of amides is 1. The number of rotatable bonds is 8. The highest BCUT2D eigenvalue weighted by atomic mass is 79.9. The monoisotopic (exact) mass is 353 g/mol. The average molecular weight is 354 g/mol. The van der Waals surface area contributed by atoms with Crippen molar-refractivity contribution >= 4 is 27.8 Å². The van der Waals surface area contributed by atoms with Crippen LogP contribution in [0, 0.1) is 0 Å². The summed E-state index contributed by atoms with van der Waals surface area (Å²) in [5, 5.41) is 11.5. The number of carboxylic acids is 1. The Hall–Kier alpha value is -1.36. The lowest BCUT2D eigenvalue weighted by Crippen LogP contribution is -2.32. The van der Waals surface area contributed by atoms with Crippen LogP contribution in [0.1, 0.15) is 44.1 Å². The molecule has 1 aliphatic rings. The second-order valence-electron chi connectivity index (χ2n) is 5.67. The fourth-order valence-corrected chi connectivity index (χ4v) is 2.85. The number of aliphatic carboxylic acids is 1. The number of hydrogen-bond donors (Lipinski definition) is 2. The van der Waals surface area contributed by atoms with Crippen LogP contribution in [-0.4, -0.2) is 23.5 Å². The van der Waals surface area contributed by atoms with Gasteiger partial charge in [-0.1, -0.05) is 28.1 Å². The predicted octanol–water partition coefficient (Wildman–Crippen LogP) is 3.24. The summed E-state index contributed by atoms with van der Waals surface area (Å²) in [6.07, 6.45) is 3.92. The number of benzene rings is 1. The van der Waals surface area contributed by atoms with E-state index in [1.54, 1.807) is 0 Å². The maximum atomic E-state index is 11.8. The van der Waals surface area contributed by atoms with Crippen LogP contribution < -0.4 is 5.32 Å². The molecule has 5 heteroatoms. The minimum atomic E-state index is -0.804. The SMILES string of the molecule is O=C(O)CCCCC(=O)NCC1(c2cccc(Br)c2)CC1. The third-order valence-electron chi connectivity index (χ3n) is 3.96. The number of carbonyl (C=O) groups excluding carboxylic acids is 1. The van der Waals surface area contributed by atoms with E-state index in [9.17, 15) is 9.59 Å². The van der Waals surface area contributed by atoms with Crippen LogP contribution in [-0.2, 0) is 15.0 Å². The van der Waals surface area contributed by atoms with Gasteiger partial charge in [-0.05, 0) is 43.4 Å². The van der Waals surface area contributed by atoms with E-state index >= 15 is 0 Å². The van der Waals surface area contributed by atoms with E-state index in [1.807, 2.05) is 12.1 Å².